The summed E-state index contributed by atoms with van der Waals surface area (Å²) >= 11 is 0. The molecule has 1 aliphatic heterocycles. The highest BCUT2D eigenvalue weighted by Gasteiger charge is 2.36. The second-order valence-corrected chi connectivity index (χ2v) is 7.39. The van der Waals surface area contributed by atoms with Crippen LogP contribution in [0.25, 0.3) is 0 Å². The number of fused-ring (bicyclic) bond motifs is 1. The minimum atomic E-state index is -0.481. The van der Waals surface area contributed by atoms with E-state index < -0.39 is 6.04 Å². The van der Waals surface area contributed by atoms with Crippen molar-refractivity contribution in [3.8, 4) is 0 Å². The number of carbonyl (C=O) groups excluding carboxylic acids is 2. The SMILES string of the molecule is O=C1CN(C(=O)C2CCCCC2)[C@@H](c2ccccc2)c2cc(F)ccc2N1. The normalized spacial score (nSPS) is 20.6. The number of carbonyl (C=O) groups is 2. The molecule has 4 nitrogen and oxygen atoms in total. The van der Waals surface area contributed by atoms with Crippen molar-refractivity contribution in [1.82, 2.24) is 4.90 Å². The van der Waals surface area contributed by atoms with Crippen LogP contribution in [0.15, 0.2) is 48.5 Å². The summed E-state index contributed by atoms with van der Waals surface area (Å²) in [6, 6.07) is 13.4. The van der Waals surface area contributed by atoms with Crippen LogP contribution in [0.1, 0.15) is 49.3 Å². The number of nitrogens with one attached hydrogen (secondary N) is 1. The van der Waals surface area contributed by atoms with Crippen molar-refractivity contribution < 1.29 is 14.0 Å². The lowest BCUT2D eigenvalue weighted by atomic mass is 9.87. The van der Waals surface area contributed by atoms with Crippen LogP contribution < -0.4 is 5.32 Å². The fraction of sp³-hybridized carbons (Fsp3) is 0.364. The van der Waals surface area contributed by atoms with Gasteiger partial charge in [0.1, 0.15) is 12.4 Å². The number of nitrogens with zero attached hydrogens (tertiary/aromatic N) is 1. The smallest absolute Gasteiger partial charge is 0.244 e. The number of halogens is 1. The zero-order valence-electron chi connectivity index (χ0n) is 15.2. The van der Waals surface area contributed by atoms with Crippen molar-refractivity contribution in [1.29, 1.82) is 0 Å². The molecule has 1 aliphatic carbocycles. The molecule has 5 heteroatoms. The largest absolute Gasteiger partial charge is 0.324 e. The molecule has 140 valence electrons. The van der Waals surface area contributed by atoms with Crippen molar-refractivity contribution >= 4 is 17.5 Å². The topological polar surface area (TPSA) is 49.4 Å². The van der Waals surface area contributed by atoms with Gasteiger partial charge in [0.25, 0.3) is 0 Å². The molecule has 2 aromatic rings. The Morgan fingerprint density at radius 2 is 1.78 bits per heavy atom. The molecular weight excluding hydrogens is 343 g/mol. The summed E-state index contributed by atoms with van der Waals surface area (Å²) in [5.41, 5.74) is 2.07. The standard InChI is InChI=1S/C22H23FN2O2/c23-17-11-12-19-18(13-17)21(15-7-3-1-4-8-15)25(14-20(26)24-19)22(27)16-9-5-2-6-10-16/h1,3-4,7-8,11-13,16,21H,2,5-6,9-10,14H2,(H,24,26)/t21-/m0/s1. The molecule has 1 heterocycles. The fourth-order valence-corrected chi connectivity index (χ4v) is 4.26. The van der Waals surface area contributed by atoms with Gasteiger partial charge < -0.3 is 10.2 Å². The van der Waals surface area contributed by atoms with E-state index in [1.54, 1.807) is 11.0 Å². The maximum atomic E-state index is 14.1. The lowest BCUT2D eigenvalue weighted by Crippen LogP contribution is -2.42. The van der Waals surface area contributed by atoms with Crippen molar-refractivity contribution in [2.45, 2.75) is 38.1 Å². The molecule has 0 aromatic heterocycles. The molecule has 0 bridgehead atoms. The Balaban J connectivity index is 1.81. The first kappa shape index (κ1) is 17.7. The Kier molecular flexibility index (Phi) is 4.92. The summed E-state index contributed by atoms with van der Waals surface area (Å²) in [5, 5.41) is 2.84. The van der Waals surface area contributed by atoms with E-state index in [0.29, 0.717) is 11.3 Å². The average molecular weight is 366 g/mol. The maximum Gasteiger partial charge on any atom is 0.244 e. The van der Waals surface area contributed by atoms with Gasteiger partial charge in [-0.1, -0.05) is 49.6 Å². The Bertz CT molecular complexity index is 847. The highest BCUT2D eigenvalue weighted by Crippen LogP contribution is 2.38. The quantitative estimate of drug-likeness (QED) is 0.863. The van der Waals surface area contributed by atoms with Crippen molar-refractivity contribution in [2.75, 3.05) is 11.9 Å². The molecule has 2 amide bonds. The third-order valence-corrected chi connectivity index (χ3v) is 5.56. The molecule has 4 rings (SSSR count). The minimum Gasteiger partial charge on any atom is -0.324 e. The van der Waals surface area contributed by atoms with Gasteiger partial charge >= 0.3 is 0 Å². The third-order valence-electron chi connectivity index (χ3n) is 5.56. The Hall–Kier alpha value is -2.69. The predicted molar refractivity (Wildman–Crippen MR) is 102 cm³/mol. The van der Waals surface area contributed by atoms with Crippen LogP contribution in [0.2, 0.25) is 0 Å². The third kappa shape index (κ3) is 3.59. The van der Waals surface area contributed by atoms with E-state index in [2.05, 4.69) is 5.32 Å². The molecule has 0 spiro atoms. The number of benzene rings is 2. The Labute approximate surface area is 158 Å². The summed E-state index contributed by atoms with van der Waals surface area (Å²) in [6.07, 6.45) is 4.94. The first-order valence-corrected chi connectivity index (χ1v) is 9.58. The molecule has 2 aliphatic rings. The lowest BCUT2D eigenvalue weighted by molar-refractivity contribution is -0.140. The van der Waals surface area contributed by atoms with E-state index in [-0.39, 0.29) is 30.1 Å². The minimum absolute atomic E-state index is 0.00388. The summed E-state index contributed by atoms with van der Waals surface area (Å²) in [4.78, 5) is 27.5. The van der Waals surface area contributed by atoms with E-state index in [9.17, 15) is 14.0 Å². The van der Waals surface area contributed by atoms with E-state index in [0.717, 1.165) is 37.7 Å². The summed E-state index contributed by atoms with van der Waals surface area (Å²) in [7, 11) is 0. The predicted octanol–water partition coefficient (Wildman–Crippen LogP) is 4.28. The van der Waals surface area contributed by atoms with Crippen LogP contribution in [0.3, 0.4) is 0 Å². The zero-order chi connectivity index (χ0) is 18.8. The lowest BCUT2D eigenvalue weighted by Gasteiger charge is -2.34. The van der Waals surface area contributed by atoms with Gasteiger partial charge in [-0.15, -0.1) is 0 Å². The molecule has 0 radical (unpaired) electrons. The average Bonchev–Trinajstić information content (AvgIpc) is 2.84. The molecule has 1 saturated carbocycles. The zero-order valence-corrected chi connectivity index (χ0v) is 15.2. The van der Waals surface area contributed by atoms with Crippen LogP contribution in [-0.2, 0) is 9.59 Å². The van der Waals surface area contributed by atoms with Crippen LogP contribution >= 0.6 is 0 Å². The molecule has 2 aromatic carbocycles. The number of anilines is 1. The highest BCUT2D eigenvalue weighted by atomic mass is 19.1. The van der Waals surface area contributed by atoms with E-state index in [1.807, 2.05) is 30.3 Å². The van der Waals surface area contributed by atoms with Crippen LogP contribution in [-0.4, -0.2) is 23.3 Å². The van der Waals surface area contributed by atoms with Gasteiger partial charge in [-0.2, -0.15) is 0 Å². The highest BCUT2D eigenvalue weighted by molar-refractivity contribution is 5.97. The summed E-state index contributed by atoms with van der Waals surface area (Å²) in [6.45, 7) is -0.0226. The van der Waals surface area contributed by atoms with Crippen molar-refractivity contribution in [3.63, 3.8) is 0 Å². The second kappa shape index (κ2) is 7.51. The molecular formula is C22H23FN2O2. The van der Waals surface area contributed by atoms with Crippen LogP contribution in [0, 0.1) is 11.7 Å². The Morgan fingerprint density at radius 3 is 2.52 bits per heavy atom. The van der Waals surface area contributed by atoms with Gasteiger partial charge in [0.2, 0.25) is 11.8 Å². The maximum absolute atomic E-state index is 14.1. The molecule has 0 unspecified atom stereocenters. The van der Waals surface area contributed by atoms with E-state index in [1.165, 1.54) is 12.1 Å². The number of hydrogen-bond donors (Lipinski definition) is 1. The molecule has 0 saturated heterocycles. The number of amides is 2. The molecule has 1 N–H and O–H groups in total. The number of hydrogen-bond acceptors (Lipinski definition) is 2. The van der Waals surface area contributed by atoms with Crippen molar-refractivity contribution in [2.24, 2.45) is 5.92 Å². The van der Waals surface area contributed by atoms with Gasteiger partial charge in [-0.3, -0.25) is 9.59 Å². The van der Waals surface area contributed by atoms with E-state index in [4.69, 9.17) is 0 Å². The number of rotatable bonds is 2. The van der Waals surface area contributed by atoms with E-state index >= 15 is 0 Å². The summed E-state index contributed by atoms with van der Waals surface area (Å²) < 4.78 is 14.1. The first-order valence-electron chi connectivity index (χ1n) is 9.58. The van der Waals surface area contributed by atoms with Gasteiger partial charge in [-0.05, 0) is 36.6 Å². The summed E-state index contributed by atoms with van der Waals surface area (Å²) in [5.74, 6) is -0.690. The Morgan fingerprint density at radius 1 is 1.04 bits per heavy atom. The van der Waals surface area contributed by atoms with Gasteiger partial charge in [0.15, 0.2) is 0 Å². The van der Waals surface area contributed by atoms with Gasteiger partial charge in [0, 0.05) is 17.2 Å². The van der Waals surface area contributed by atoms with Crippen LogP contribution in [0.4, 0.5) is 10.1 Å². The fourth-order valence-electron chi connectivity index (χ4n) is 4.26. The molecule has 1 atom stereocenters. The second-order valence-electron chi connectivity index (χ2n) is 7.39. The van der Waals surface area contributed by atoms with Gasteiger partial charge in [-0.25, -0.2) is 4.39 Å². The van der Waals surface area contributed by atoms with Gasteiger partial charge in [0.05, 0.1) is 6.04 Å². The molecule has 1 fully saturated rings. The van der Waals surface area contributed by atoms with Crippen LogP contribution in [0.5, 0.6) is 0 Å². The van der Waals surface area contributed by atoms with Crippen molar-refractivity contribution in [3.05, 3.63) is 65.5 Å². The molecule has 27 heavy (non-hydrogen) atoms. The monoisotopic (exact) mass is 366 g/mol. The first-order chi connectivity index (χ1) is 13.1.